The molecular weight excluding hydrogens is 214 g/mol. The Hall–Kier alpha value is -1.27. The van der Waals surface area contributed by atoms with Crippen molar-refractivity contribution in [3.63, 3.8) is 0 Å². The summed E-state index contributed by atoms with van der Waals surface area (Å²) >= 11 is 0. The van der Waals surface area contributed by atoms with Crippen LogP contribution in [0, 0.1) is 0 Å². The molecule has 0 aromatic heterocycles. The van der Waals surface area contributed by atoms with E-state index in [0.717, 1.165) is 30.6 Å². The zero-order valence-electron chi connectivity index (χ0n) is 8.16. The fourth-order valence-electron chi connectivity index (χ4n) is 1.70. The van der Waals surface area contributed by atoms with Gasteiger partial charge in [-0.3, -0.25) is 4.72 Å². The summed E-state index contributed by atoms with van der Waals surface area (Å²) in [5, 5.41) is 8.13. The number of nitrogens with one attached hydrogen (secondary N) is 2. The highest BCUT2D eigenvalue weighted by Crippen LogP contribution is 2.25. The van der Waals surface area contributed by atoms with Crippen molar-refractivity contribution in [2.75, 3.05) is 16.6 Å². The normalized spacial score (nSPS) is 15.3. The third-order valence-electron chi connectivity index (χ3n) is 2.30. The smallest absolute Gasteiger partial charge is 0.296 e. The summed E-state index contributed by atoms with van der Waals surface area (Å²) in [4.78, 5) is 0. The molecule has 0 radical (unpaired) electrons. The van der Waals surface area contributed by atoms with Crippen molar-refractivity contribution in [3.8, 4) is 0 Å². The highest BCUT2D eigenvalue weighted by atomic mass is 32.2. The fraction of sp³-hybridized carbons (Fsp3) is 0.333. The Kier molecular flexibility index (Phi) is 2.54. The number of aryl methyl sites for hydroxylation is 1. The van der Waals surface area contributed by atoms with Crippen molar-refractivity contribution in [1.29, 1.82) is 0 Å². The molecule has 0 unspecified atom stereocenters. The lowest BCUT2D eigenvalue weighted by Gasteiger charge is -2.18. The van der Waals surface area contributed by atoms with Gasteiger partial charge in [0.2, 0.25) is 0 Å². The van der Waals surface area contributed by atoms with Crippen LogP contribution >= 0.6 is 0 Å². The predicted molar refractivity (Wildman–Crippen MR) is 60.0 cm³/mol. The van der Waals surface area contributed by atoms with Crippen molar-refractivity contribution in [2.24, 2.45) is 5.14 Å². The molecule has 6 heteroatoms. The predicted octanol–water partition coefficient (Wildman–Crippen LogP) is 0.660. The summed E-state index contributed by atoms with van der Waals surface area (Å²) in [6.07, 6.45) is 2.02. The topological polar surface area (TPSA) is 84.2 Å². The zero-order chi connectivity index (χ0) is 10.9. The number of hydrogen-bond acceptors (Lipinski definition) is 3. The van der Waals surface area contributed by atoms with Crippen molar-refractivity contribution in [1.82, 2.24) is 0 Å². The van der Waals surface area contributed by atoms with Crippen LogP contribution in [0.2, 0.25) is 0 Å². The Morgan fingerprint density at radius 2 is 2.20 bits per heavy atom. The second-order valence-electron chi connectivity index (χ2n) is 3.55. The van der Waals surface area contributed by atoms with Crippen molar-refractivity contribution >= 4 is 21.6 Å². The molecular formula is C9H13N3O2S. The first-order valence-electron chi connectivity index (χ1n) is 4.72. The molecule has 0 saturated heterocycles. The minimum absolute atomic E-state index is 0.514. The summed E-state index contributed by atoms with van der Waals surface area (Å²) in [7, 11) is -3.67. The molecule has 0 spiro atoms. The van der Waals surface area contributed by atoms with Crippen LogP contribution in [-0.2, 0) is 16.6 Å². The standard InChI is InChI=1S/C9H13N3O2S/c10-15(13,14)12-8-3-4-9-7(6-8)2-1-5-11-9/h3-4,6,11-12H,1-2,5H2,(H2,10,13,14). The lowest BCUT2D eigenvalue weighted by molar-refractivity contribution is 0.603. The van der Waals surface area contributed by atoms with Gasteiger partial charge < -0.3 is 5.32 Å². The van der Waals surface area contributed by atoms with E-state index in [0.29, 0.717) is 5.69 Å². The molecule has 15 heavy (non-hydrogen) atoms. The van der Waals surface area contributed by atoms with Gasteiger partial charge in [-0.25, -0.2) is 5.14 Å². The minimum atomic E-state index is -3.67. The maximum Gasteiger partial charge on any atom is 0.296 e. The van der Waals surface area contributed by atoms with Gasteiger partial charge in [-0.05, 0) is 36.6 Å². The van der Waals surface area contributed by atoms with E-state index in [2.05, 4.69) is 10.0 Å². The first-order valence-corrected chi connectivity index (χ1v) is 6.26. The van der Waals surface area contributed by atoms with E-state index < -0.39 is 10.2 Å². The number of hydrogen-bond donors (Lipinski definition) is 3. The second-order valence-corrected chi connectivity index (χ2v) is 4.84. The molecule has 4 N–H and O–H groups in total. The van der Waals surface area contributed by atoms with Crippen LogP contribution in [0.3, 0.4) is 0 Å². The third-order valence-corrected chi connectivity index (χ3v) is 2.82. The van der Waals surface area contributed by atoms with E-state index in [1.165, 1.54) is 0 Å². The molecule has 1 aromatic carbocycles. The van der Waals surface area contributed by atoms with Gasteiger partial charge in [0, 0.05) is 12.2 Å². The molecule has 0 amide bonds. The van der Waals surface area contributed by atoms with Crippen LogP contribution in [0.5, 0.6) is 0 Å². The molecule has 0 bridgehead atoms. The number of benzene rings is 1. The molecule has 0 fully saturated rings. The summed E-state index contributed by atoms with van der Waals surface area (Å²) in [5.41, 5.74) is 2.70. The molecule has 0 saturated carbocycles. The Morgan fingerprint density at radius 1 is 1.40 bits per heavy atom. The number of fused-ring (bicyclic) bond motifs is 1. The van der Waals surface area contributed by atoms with Crippen molar-refractivity contribution in [3.05, 3.63) is 23.8 Å². The van der Waals surface area contributed by atoms with Crippen LogP contribution in [0.15, 0.2) is 18.2 Å². The van der Waals surface area contributed by atoms with E-state index in [1.54, 1.807) is 6.07 Å². The maximum absolute atomic E-state index is 10.8. The lowest BCUT2D eigenvalue weighted by Crippen LogP contribution is -2.22. The lowest BCUT2D eigenvalue weighted by atomic mass is 10.0. The number of anilines is 2. The molecule has 1 aromatic rings. The Bertz CT molecular complexity index is 470. The van der Waals surface area contributed by atoms with Crippen LogP contribution in [0.1, 0.15) is 12.0 Å². The molecule has 1 heterocycles. The number of rotatable bonds is 2. The summed E-state index contributed by atoms with van der Waals surface area (Å²) in [6, 6.07) is 5.37. The summed E-state index contributed by atoms with van der Waals surface area (Å²) < 4.78 is 23.9. The molecule has 2 rings (SSSR count). The molecule has 0 aliphatic carbocycles. The van der Waals surface area contributed by atoms with Gasteiger partial charge in [0.15, 0.2) is 0 Å². The van der Waals surface area contributed by atoms with E-state index in [-0.39, 0.29) is 0 Å². The van der Waals surface area contributed by atoms with Crippen LogP contribution in [0.4, 0.5) is 11.4 Å². The van der Waals surface area contributed by atoms with Gasteiger partial charge in [-0.1, -0.05) is 0 Å². The molecule has 5 nitrogen and oxygen atoms in total. The number of nitrogens with two attached hydrogens (primary N) is 1. The third kappa shape index (κ3) is 2.60. The minimum Gasteiger partial charge on any atom is -0.385 e. The molecule has 0 atom stereocenters. The Balaban J connectivity index is 2.28. The van der Waals surface area contributed by atoms with Crippen LogP contribution in [0.25, 0.3) is 0 Å². The van der Waals surface area contributed by atoms with E-state index in [9.17, 15) is 8.42 Å². The summed E-state index contributed by atoms with van der Waals surface area (Å²) in [6.45, 7) is 0.967. The SMILES string of the molecule is NS(=O)(=O)Nc1ccc2c(c1)CCCN2. The molecule has 1 aliphatic rings. The van der Waals surface area contributed by atoms with Gasteiger partial charge in [-0.2, -0.15) is 8.42 Å². The van der Waals surface area contributed by atoms with Crippen LogP contribution in [-0.4, -0.2) is 15.0 Å². The molecule has 82 valence electrons. The zero-order valence-corrected chi connectivity index (χ0v) is 8.97. The van der Waals surface area contributed by atoms with Crippen LogP contribution < -0.4 is 15.2 Å². The van der Waals surface area contributed by atoms with Gasteiger partial charge in [0.05, 0.1) is 5.69 Å². The van der Waals surface area contributed by atoms with Crippen molar-refractivity contribution < 1.29 is 8.42 Å². The van der Waals surface area contributed by atoms with Gasteiger partial charge >= 0.3 is 0 Å². The van der Waals surface area contributed by atoms with Gasteiger partial charge in [0.1, 0.15) is 0 Å². The molecule has 1 aliphatic heterocycles. The monoisotopic (exact) mass is 227 g/mol. The Morgan fingerprint density at radius 3 is 2.93 bits per heavy atom. The largest absolute Gasteiger partial charge is 0.385 e. The average molecular weight is 227 g/mol. The quantitative estimate of drug-likeness (QED) is 0.694. The van der Waals surface area contributed by atoms with E-state index >= 15 is 0 Å². The van der Waals surface area contributed by atoms with Gasteiger partial charge in [-0.15, -0.1) is 0 Å². The van der Waals surface area contributed by atoms with Gasteiger partial charge in [0.25, 0.3) is 10.2 Å². The summed E-state index contributed by atoms with van der Waals surface area (Å²) in [5.74, 6) is 0. The van der Waals surface area contributed by atoms with Crippen molar-refractivity contribution in [2.45, 2.75) is 12.8 Å². The van der Waals surface area contributed by atoms with E-state index in [1.807, 2.05) is 12.1 Å². The highest BCUT2D eigenvalue weighted by molar-refractivity contribution is 7.90. The van der Waals surface area contributed by atoms with E-state index in [4.69, 9.17) is 5.14 Å². The average Bonchev–Trinajstić information content (AvgIpc) is 2.15. The maximum atomic E-state index is 10.8. The first-order chi connectivity index (χ1) is 7.04. The second kappa shape index (κ2) is 3.71. The fourth-order valence-corrected chi connectivity index (χ4v) is 2.16. The first kappa shape index (κ1) is 10.3. The highest BCUT2D eigenvalue weighted by Gasteiger charge is 2.10. The Labute approximate surface area is 88.9 Å².